The summed E-state index contributed by atoms with van der Waals surface area (Å²) in [5.74, 6) is -0.597. The van der Waals surface area contributed by atoms with Crippen LogP contribution in [0.15, 0.2) is 24.3 Å². The summed E-state index contributed by atoms with van der Waals surface area (Å²) in [5, 5.41) is 43.7. The van der Waals surface area contributed by atoms with Crippen LogP contribution in [0.5, 0.6) is 0 Å². The average Bonchev–Trinajstić information content (AvgIpc) is 3.23. The molecule has 344 valence electrons. The van der Waals surface area contributed by atoms with Gasteiger partial charge in [0.2, 0.25) is 5.91 Å². The summed E-state index contributed by atoms with van der Waals surface area (Å²) in [7, 11) is 0. The van der Waals surface area contributed by atoms with Gasteiger partial charge >= 0.3 is 0 Å². The van der Waals surface area contributed by atoms with Crippen LogP contribution in [0, 0.1) is 0 Å². The molecule has 0 aliphatic heterocycles. The van der Waals surface area contributed by atoms with Crippen LogP contribution < -0.4 is 5.32 Å². The van der Waals surface area contributed by atoms with Gasteiger partial charge in [-0.1, -0.05) is 244 Å². The molecule has 0 spiro atoms. The molecule has 0 aromatic rings. The minimum atomic E-state index is -1.29. The normalized spacial score (nSPS) is 14.1. The molecule has 0 aliphatic rings. The zero-order valence-corrected chi connectivity index (χ0v) is 38.8. The van der Waals surface area contributed by atoms with Gasteiger partial charge in [0.05, 0.1) is 18.8 Å². The number of carbonyl (C=O) groups is 1. The molecule has 0 fully saturated rings. The van der Waals surface area contributed by atoms with Crippen LogP contribution in [0.2, 0.25) is 0 Å². The molecule has 0 heterocycles. The first-order chi connectivity index (χ1) is 28.5. The predicted molar refractivity (Wildman–Crippen MR) is 251 cm³/mol. The number of carbonyl (C=O) groups excluding carboxylic acids is 1. The Morgan fingerprint density at radius 3 is 1.09 bits per heavy atom. The monoisotopic (exact) mass is 820 g/mol. The van der Waals surface area contributed by atoms with Crippen LogP contribution in [0.3, 0.4) is 0 Å². The second-order valence-corrected chi connectivity index (χ2v) is 17.9. The summed E-state index contributed by atoms with van der Waals surface area (Å²) < 4.78 is 0. The van der Waals surface area contributed by atoms with Crippen LogP contribution in [-0.4, -0.2) is 57.3 Å². The summed E-state index contributed by atoms with van der Waals surface area (Å²) in [5.41, 5.74) is 0. The average molecular weight is 820 g/mol. The van der Waals surface area contributed by atoms with Crippen molar-refractivity contribution in [3.63, 3.8) is 0 Å². The van der Waals surface area contributed by atoms with Crippen LogP contribution >= 0.6 is 0 Å². The summed E-state index contributed by atoms with van der Waals surface area (Å²) in [6, 6.07) is -1.00. The minimum absolute atomic E-state index is 0.363. The highest BCUT2D eigenvalue weighted by atomic mass is 16.3. The molecule has 0 bridgehead atoms. The van der Waals surface area contributed by atoms with Crippen molar-refractivity contribution in [2.24, 2.45) is 0 Å². The van der Waals surface area contributed by atoms with Gasteiger partial charge in [0.1, 0.15) is 12.2 Å². The van der Waals surface area contributed by atoms with E-state index in [1.165, 1.54) is 199 Å². The summed E-state index contributed by atoms with van der Waals surface area (Å²) in [4.78, 5) is 12.5. The molecule has 4 unspecified atom stereocenters. The molecule has 6 nitrogen and oxygen atoms in total. The predicted octanol–water partition coefficient (Wildman–Crippen LogP) is 14.3. The van der Waals surface area contributed by atoms with E-state index in [1.807, 2.05) is 0 Å². The third kappa shape index (κ3) is 40.2. The van der Waals surface area contributed by atoms with Gasteiger partial charge in [-0.05, 0) is 51.4 Å². The topological polar surface area (TPSA) is 110 Å². The molecule has 0 aromatic carbocycles. The molecule has 1 amide bonds. The molecule has 0 aliphatic carbocycles. The van der Waals surface area contributed by atoms with E-state index in [4.69, 9.17) is 0 Å². The Kier molecular flexibility index (Phi) is 45.9. The van der Waals surface area contributed by atoms with Crippen molar-refractivity contribution in [2.45, 2.75) is 295 Å². The Balaban J connectivity index is 3.63. The summed E-state index contributed by atoms with van der Waals surface area (Å²) >= 11 is 0. The van der Waals surface area contributed by atoms with E-state index < -0.39 is 36.9 Å². The number of aliphatic hydroxyl groups excluding tert-OH is 4. The van der Waals surface area contributed by atoms with E-state index in [1.54, 1.807) is 0 Å². The number of amides is 1. The molecule has 0 rings (SSSR count). The number of nitrogens with one attached hydrogen (secondary N) is 1. The van der Waals surface area contributed by atoms with Crippen molar-refractivity contribution in [3.8, 4) is 0 Å². The lowest BCUT2D eigenvalue weighted by Crippen LogP contribution is -2.53. The lowest BCUT2D eigenvalue weighted by molar-refractivity contribution is -0.132. The Bertz CT molecular complexity index is 878. The number of hydrogen-bond acceptors (Lipinski definition) is 5. The van der Waals surface area contributed by atoms with Crippen molar-refractivity contribution >= 4 is 5.91 Å². The number of hydrogen-bond donors (Lipinski definition) is 5. The summed E-state index contributed by atoms with van der Waals surface area (Å²) in [6.45, 7) is 4.04. The van der Waals surface area contributed by atoms with E-state index in [0.717, 1.165) is 38.5 Å². The van der Waals surface area contributed by atoms with Crippen molar-refractivity contribution < 1.29 is 25.2 Å². The fourth-order valence-electron chi connectivity index (χ4n) is 8.07. The van der Waals surface area contributed by atoms with Gasteiger partial charge in [0.15, 0.2) is 0 Å². The first-order valence-electron chi connectivity index (χ1n) is 25.7. The fraction of sp³-hybridized carbons (Fsp3) is 0.904. The number of unbranched alkanes of at least 4 members (excludes halogenated alkanes) is 34. The molecular formula is C52H101NO5. The van der Waals surface area contributed by atoms with Crippen LogP contribution in [0.25, 0.3) is 0 Å². The van der Waals surface area contributed by atoms with Crippen LogP contribution in [0.4, 0.5) is 0 Å². The zero-order valence-electron chi connectivity index (χ0n) is 38.8. The van der Waals surface area contributed by atoms with Gasteiger partial charge in [-0.25, -0.2) is 0 Å². The van der Waals surface area contributed by atoms with Gasteiger partial charge in [0, 0.05) is 0 Å². The molecule has 58 heavy (non-hydrogen) atoms. The second kappa shape index (κ2) is 46.8. The standard InChI is InChI=1S/C52H101NO5/c1-3-5-7-9-11-13-15-16-17-18-19-20-21-22-23-24-25-26-27-28-29-30-31-32-33-34-36-37-39-41-43-45-49(55)51(57)48(47-54)53-52(58)50(56)46-44-42-40-38-35-14-12-10-8-6-4-2/h32-33,37,39,48-51,54-57H,3-31,34-36,38,40-47H2,1-2H3,(H,53,58)/b33-32+,39-37+. The maximum Gasteiger partial charge on any atom is 0.249 e. The van der Waals surface area contributed by atoms with Gasteiger partial charge in [-0.15, -0.1) is 0 Å². The SMILES string of the molecule is CCCCCCCCCCCCCCCCCCCCCCCC/C=C/CC/C=C/CCCC(O)C(O)C(CO)NC(=O)C(O)CCCCCCCCCCCCC. The van der Waals surface area contributed by atoms with E-state index in [0.29, 0.717) is 19.3 Å². The number of rotatable bonds is 47. The zero-order chi connectivity index (χ0) is 42.4. The van der Waals surface area contributed by atoms with Crippen molar-refractivity contribution in [1.82, 2.24) is 5.32 Å². The highest BCUT2D eigenvalue weighted by Gasteiger charge is 2.28. The lowest BCUT2D eigenvalue weighted by Gasteiger charge is -2.27. The summed E-state index contributed by atoms with van der Waals surface area (Å²) in [6.07, 6.45) is 55.4. The first-order valence-corrected chi connectivity index (χ1v) is 25.7. The maximum atomic E-state index is 12.5. The Morgan fingerprint density at radius 1 is 0.414 bits per heavy atom. The molecule has 0 saturated heterocycles. The lowest BCUT2D eigenvalue weighted by atomic mass is 10.00. The van der Waals surface area contributed by atoms with E-state index in [2.05, 4.69) is 43.5 Å². The third-order valence-corrected chi connectivity index (χ3v) is 12.1. The number of aliphatic hydroxyl groups is 4. The molecule has 6 heteroatoms. The molecule has 0 saturated carbocycles. The third-order valence-electron chi connectivity index (χ3n) is 12.1. The van der Waals surface area contributed by atoms with Gasteiger partial charge in [-0.3, -0.25) is 4.79 Å². The Hall–Kier alpha value is -1.21. The molecule has 0 radical (unpaired) electrons. The van der Waals surface area contributed by atoms with Gasteiger partial charge in [-0.2, -0.15) is 0 Å². The largest absolute Gasteiger partial charge is 0.394 e. The smallest absolute Gasteiger partial charge is 0.249 e. The van der Waals surface area contributed by atoms with E-state index >= 15 is 0 Å². The van der Waals surface area contributed by atoms with Crippen LogP contribution in [0.1, 0.15) is 271 Å². The molecule has 0 aromatic heterocycles. The number of allylic oxidation sites excluding steroid dienone is 4. The van der Waals surface area contributed by atoms with Crippen molar-refractivity contribution in [3.05, 3.63) is 24.3 Å². The maximum absolute atomic E-state index is 12.5. The van der Waals surface area contributed by atoms with Gasteiger partial charge < -0.3 is 25.7 Å². The van der Waals surface area contributed by atoms with E-state index in [-0.39, 0.29) is 0 Å². The first kappa shape index (κ1) is 56.8. The fourth-order valence-corrected chi connectivity index (χ4v) is 8.07. The Labute approximate surface area is 361 Å². The highest BCUT2D eigenvalue weighted by molar-refractivity contribution is 5.80. The molecule has 4 atom stereocenters. The molecule has 5 N–H and O–H groups in total. The molecular weight excluding hydrogens is 719 g/mol. The Morgan fingerprint density at radius 2 is 0.724 bits per heavy atom. The van der Waals surface area contributed by atoms with Gasteiger partial charge in [0.25, 0.3) is 0 Å². The van der Waals surface area contributed by atoms with E-state index in [9.17, 15) is 25.2 Å². The highest BCUT2D eigenvalue weighted by Crippen LogP contribution is 2.17. The van der Waals surface area contributed by atoms with Crippen molar-refractivity contribution in [2.75, 3.05) is 6.61 Å². The van der Waals surface area contributed by atoms with Crippen molar-refractivity contribution in [1.29, 1.82) is 0 Å². The minimum Gasteiger partial charge on any atom is -0.394 e. The van der Waals surface area contributed by atoms with Crippen LogP contribution in [-0.2, 0) is 4.79 Å². The second-order valence-electron chi connectivity index (χ2n) is 17.9. The quantitative estimate of drug-likeness (QED) is 0.0310.